The first-order chi connectivity index (χ1) is 9.02. The van der Waals surface area contributed by atoms with E-state index in [1.807, 2.05) is 6.92 Å². The molecule has 1 unspecified atom stereocenters. The molecule has 1 fully saturated rings. The number of likely N-dealkylation sites (N-methyl/N-ethyl adjacent to an activating group) is 1. The molecule has 1 saturated heterocycles. The maximum Gasteiger partial charge on any atom is 0.265 e. The van der Waals surface area contributed by atoms with Crippen molar-refractivity contribution >= 4 is 21.6 Å². The lowest BCUT2D eigenvalue weighted by molar-refractivity contribution is -0.0347. The second-order valence-electron chi connectivity index (χ2n) is 4.87. The molecule has 5 nitrogen and oxygen atoms in total. The Bertz CT molecular complexity index is 515. The van der Waals surface area contributed by atoms with Crippen molar-refractivity contribution in [3.8, 4) is 0 Å². The minimum Gasteiger partial charge on any atom is -0.397 e. The number of hydrogen-bond acceptors (Lipinski definition) is 4. The van der Waals surface area contributed by atoms with Gasteiger partial charge in [0.1, 0.15) is 0 Å². The molecule has 0 bridgehead atoms. The smallest absolute Gasteiger partial charge is 0.265 e. The van der Waals surface area contributed by atoms with Gasteiger partial charge >= 0.3 is 0 Å². The number of ether oxygens (including phenoxy) is 1. The molecule has 6 heteroatoms. The van der Waals surface area contributed by atoms with Gasteiger partial charge in [-0.1, -0.05) is 6.92 Å². The van der Waals surface area contributed by atoms with Crippen LogP contribution >= 0.6 is 15.9 Å². The second kappa shape index (κ2) is 6.07. The van der Waals surface area contributed by atoms with Gasteiger partial charge in [0.2, 0.25) is 0 Å². The Morgan fingerprint density at radius 3 is 3.00 bits per heavy atom. The molecule has 1 aromatic rings. The Morgan fingerprint density at radius 2 is 2.32 bits per heavy atom. The number of hydrogen-bond donors (Lipinski definition) is 1. The van der Waals surface area contributed by atoms with Crippen LogP contribution in [0.15, 0.2) is 15.5 Å². The van der Waals surface area contributed by atoms with Gasteiger partial charge < -0.3 is 15.0 Å². The highest BCUT2D eigenvalue weighted by Gasteiger charge is 2.20. The Morgan fingerprint density at radius 1 is 1.58 bits per heavy atom. The number of morpholine rings is 1. The number of anilines is 1. The predicted molar refractivity (Wildman–Crippen MR) is 79.4 cm³/mol. The highest BCUT2D eigenvalue weighted by molar-refractivity contribution is 9.10. The number of nitrogen functional groups attached to an aromatic ring is 1. The first-order valence-corrected chi connectivity index (χ1v) is 7.31. The lowest BCUT2D eigenvalue weighted by Gasteiger charge is -2.32. The van der Waals surface area contributed by atoms with Gasteiger partial charge in [-0.2, -0.15) is 0 Å². The van der Waals surface area contributed by atoms with Gasteiger partial charge in [0.05, 0.1) is 29.4 Å². The van der Waals surface area contributed by atoms with Gasteiger partial charge in [-0.05, 0) is 35.0 Å². The average molecular weight is 330 g/mol. The molecule has 1 aliphatic heterocycles. The standard InChI is InChI=1S/C13H20BrN3O2/c1-3-16-4-5-19-10(6-16)7-17-8-11(15)9(2)12(14)13(17)18/h8,10H,3-7,15H2,1-2H3. The zero-order valence-electron chi connectivity index (χ0n) is 11.4. The van der Waals surface area contributed by atoms with Crippen molar-refractivity contribution in [1.82, 2.24) is 9.47 Å². The normalized spacial score (nSPS) is 20.7. The van der Waals surface area contributed by atoms with Crippen molar-refractivity contribution in [2.45, 2.75) is 26.5 Å². The fourth-order valence-electron chi connectivity index (χ4n) is 2.27. The number of aromatic nitrogens is 1. The van der Waals surface area contributed by atoms with Crippen molar-refractivity contribution in [2.75, 3.05) is 32.0 Å². The van der Waals surface area contributed by atoms with Gasteiger partial charge in [0.25, 0.3) is 5.56 Å². The SMILES string of the molecule is CCN1CCOC(Cn2cc(N)c(C)c(Br)c2=O)C1. The summed E-state index contributed by atoms with van der Waals surface area (Å²) in [6.07, 6.45) is 1.75. The summed E-state index contributed by atoms with van der Waals surface area (Å²) in [5.41, 5.74) is 7.27. The zero-order valence-corrected chi connectivity index (χ0v) is 12.9. The number of pyridine rings is 1. The zero-order chi connectivity index (χ0) is 14.0. The molecule has 106 valence electrons. The third-order valence-corrected chi connectivity index (χ3v) is 4.51. The first kappa shape index (κ1) is 14.6. The topological polar surface area (TPSA) is 60.5 Å². The fourth-order valence-corrected chi connectivity index (χ4v) is 2.73. The molecule has 0 aliphatic carbocycles. The maximum absolute atomic E-state index is 12.2. The molecule has 0 amide bonds. The van der Waals surface area contributed by atoms with Crippen LogP contribution in [0.25, 0.3) is 0 Å². The third kappa shape index (κ3) is 3.19. The first-order valence-electron chi connectivity index (χ1n) is 6.52. The summed E-state index contributed by atoms with van der Waals surface area (Å²) in [5.74, 6) is 0. The maximum atomic E-state index is 12.2. The summed E-state index contributed by atoms with van der Waals surface area (Å²) in [6, 6.07) is 0. The molecule has 2 heterocycles. The van der Waals surface area contributed by atoms with Crippen molar-refractivity contribution in [2.24, 2.45) is 0 Å². The molecule has 1 atom stereocenters. The third-order valence-electron chi connectivity index (χ3n) is 3.58. The van der Waals surface area contributed by atoms with E-state index in [-0.39, 0.29) is 11.7 Å². The number of halogens is 1. The van der Waals surface area contributed by atoms with Crippen LogP contribution in [0.4, 0.5) is 5.69 Å². The fraction of sp³-hybridized carbons (Fsp3) is 0.615. The molecule has 0 radical (unpaired) electrons. The molecule has 0 saturated carbocycles. The van der Waals surface area contributed by atoms with E-state index in [9.17, 15) is 4.79 Å². The molecule has 2 N–H and O–H groups in total. The lowest BCUT2D eigenvalue weighted by Crippen LogP contribution is -2.45. The highest BCUT2D eigenvalue weighted by atomic mass is 79.9. The molecule has 19 heavy (non-hydrogen) atoms. The number of nitrogens with zero attached hydrogens (tertiary/aromatic N) is 2. The molecule has 2 rings (SSSR count). The summed E-state index contributed by atoms with van der Waals surface area (Å²) >= 11 is 3.31. The van der Waals surface area contributed by atoms with Gasteiger partial charge in [-0.25, -0.2) is 0 Å². The summed E-state index contributed by atoms with van der Waals surface area (Å²) in [7, 11) is 0. The minimum atomic E-state index is -0.0519. The van der Waals surface area contributed by atoms with Crippen LogP contribution in [0.5, 0.6) is 0 Å². The van der Waals surface area contributed by atoms with Crippen molar-refractivity contribution < 1.29 is 4.74 Å². The van der Waals surface area contributed by atoms with E-state index in [1.165, 1.54) is 0 Å². The van der Waals surface area contributed by atoms with E-state index in [2.05, 4.69) is 27.8 Å². The van der Waals surface area contributed by atoms with Crippen LogP contribution in [0.1, 0.15) is 12.5 Å². The minimum absolute atomic E-state index is 0.0420. The van der Waals surface area contributed by atoms with E-state index in [0.29, 0.717) is 16.7 Å². The Kier molecular flexibility index (Phi) is 4.65. The van der Waals surface area contributed by atoms with Crippen molar-refractivity contribution in [1.29, 1.82) is 0 Å². The molecule has 1 aromatic heterocycles. The van der Waals surface area contributed by atoms with Crippen LogP contribution in [0.3, 0.4) is 0 Å². The van der Waals surface area contributed by atoms with Gasteiger partial charge in [0.15, 0.2) is 0 Å². The summed E-state index contributed by atoms with van der Waals surface area (Å²) in [6.45, 7) is 8.05. The van der Waals surface area contributed by atoms with Crippen LogP contribution < -0.4 is 11.3 Å². The van der Waals surface area contributed by atoms with Crippen LogP contribution in [-0.4, -0.2) is 41.8 Å². The monoisotopic (exact) mass is 329 g/mol. The van der Waals surface area contributed by atoms with Gasteiger partial charge in [-0.15, -0.1) is 0 Å². The Balaban J connectivity index is 2.17. The molecule has 0 spiro atoms. The molecular formula is C13H20BrN3O2. The van der Waals surface area contributed by atoms with Crippen LogP contribution in [0, 0.1) is 6.92 Å². The van der Waals surface area contributed by atoms with Gasteiger partial charge in [0, 0.05) is 19.3 Å². The van der Waals surface area contributed by atoms with E-state index < -0.39 is 0 Å². The van der Waals surface area contributed by atoms with E-state index in [0.717, 1.165) is 31.8 Å². The number of nitrogens with two attached hydrogens (primary N) is 1. The Hall–Kier alpha value is -0.850. The summed E-state index contributed by atoms with van der Waals surface area (Å²) in [5, 5.41) is 0. The van der Waals surface area contributed by atoms with Crippen molar-refractivity contribution in [3.05, 3.63) is 26.6 Å². The predicted octanol–water partition coefficient (Wildman–Crippen LogP) is 1.22. The van der Waals surface area contributed by atoms with Crippen LogP contribution in [-0.2, 0) is 11.3 Å². The summed E-state index contributed by atoms with van der Waals surface area (Å²) in [4.78, 5) is 14.5. The van der Waals surface area contributed by atoms with Crippen molar-refractivity contribution in [3.63, 3.8) is 0 Å². The molecule has 0 aromatic carbocycles. The Labute approximate surface area is 121 Å². The molecule has 1 aliphatic rings. The number of rotatable bonds is 3. The van der Waals surface area contributed by atoms with E-state index in [4.69, 9.17) is 10.5 Å². The van der Waals surface area contributed by atoms with Crippen LogP contribution in [0.2, 0.25) is 0 Å². The second-order valence-corrected chi connectivity index (χ2v) is 5.66. The average Bonchev–Trinajstić information content (AvgIpc) is 2.42. The quantitative estimate of drug-likeness (QED) is 0.905. The van der Waals surface area contributed by atoms with Gasteiger partial charge in [-0.3, -0.25) is 9.69 Å². The van der Waals surface area contributed by atoms with E-state index in [1.54, 1.807) is 10.8 Å². The molecular weight excluding hydrogens is 310 g/mol. The summed E-state index contributed by atoms with van der Waals surface area (Å²) < 4.78 is 7.89. The highest BCUT2D eigenvalue weighted by Crippen LogP contribution is 2.17. The van der Waals surface area contributed by atoms with E-state index >= 15 is 0 Å². The largest absolute Gasteiger partial charge is 0.397 e. The lowest BCUT2D eigenvalue weighted by atomic mass is 10.2.